The number of carbonyl (C=O) groups excluding carboxylic acids is 1. The first-order valence-corrected chi connectivity index (χ1v) is 7.02. The Morgan fingerprint density at radius 1 is 1.09 bits per heavy atom. The Kier molecular flexibility index (Phi) is 3.74. The normalized spacial score (nSPS) is 10.5. The van der Waals surface area contributed by atoms with Gasteiger partial charge in [-0.15, -0.1) is 0 Å². The number of nitrogens with one attached hydrogen (secondary N) is 1. The molecule has 0 aliphatic rings. The fourth-order valence-corrected chi connectivity index (χ4v) is 2.14. The molecule has 0 radical (unpaired) electrons. The summed E-state index contributed by atoms with van der Waals surface area (Å²) in [6.45, 7) is 4.12. The molecule has 0 bridgehead atoms. The molecule has 2 heterocycles. The van der Waals surface area contributed by atoms with Crippen LogP contribution in [0.5, 0.6) is 0 Å². The minimum Gasteiger partial charge on any atom is -0.451 e. The van der Waals surface area contributed by atoms with E-state index in [0.29, 0.717) is 11.4 Å². The lowest BCUT2D eigenvalue weighted by Gasteiger charge is -2.03. The van der Waals surface area contributed by atoms with Gasteiger partial charge in [0.05, 0.1) is 11.9 Å². The van der Waals surface area contributed by atoms with Crippen LogP contribution >= 0.6 is 0 Å². The first-order valence-electron chi connectivity index (χ1n) is 7.02. The molecule has 0 spiro atoms. The Morgan fingerprint density at radius 2 is 1.95 bits per heavy atom. The summed E-state index contributed by atoms with van der Waals surface area (Å²) in [5, 5.41) is 2.75. The Balaban J connectivity index is 1.81. The van der Waals surface area contributed by atoms with Crippen molar-refractivity contribution in [2.45, 2.75) is 13.8 Å². The molecule has 1 amide bonds. The summed E-state index contributed by atoms with van der Waals surface area (Å²) in [6, 6.07) is 13.1. The van der Waals surface area contributed by atoms with Gasteiger partial charge in [0, 0.05) is 11.8 Å². The van der Waals surface area contributed by atoms with Crippen LogP contribution in [0.3, 0.4) is 0 Å². The van der Waals surface area contributed by atoms with E-state index in [-0.39, 0.29) is 11.7 Å². The molecule has 0 aliphatic heterocycles. The number of hydrogen-bond donors (Lipinski definition) is 1. The Hall–Kier alpha value is -2.88. The monoisotopic (exact) mass is 292 g/mol. The highest BCUT2D eigenvalue weighted by molar-refractivity contribution is 6.02. The standard InChI is InChI=1S/C18H16N2O2/c1-12-5-6-14(10-13(12)2)16-7-8-17(22-16)18(21)20-15-4-3-9-19-11-15/h3-11H,1-2H3,(H,20,21). The minimum atomic E-state index is -0.289. The highest BCUT2D eigenvalue weighted by atomic mass is 16.3. The fraction of sp³-hybridized carbons (Fsp3) is 0.111. The lowest BCUT2D eigenvalue weighted by Crippen LogP contribution is -2.10. The second-order valence-corrected chi connectivity index (χ2v) is 5.16. The maximum absolute atomic E-state index is 12.1. The second kappa shape index (κ2) is 5.85. The average Bonchev–Trinajstić information content (AvgIpc) is 3.01. The molecule has 1 aromatic carbocycles. The summed E-state index contributed by atoms with van der Waals surface area (Å²) in [4.78, 5) is 16.1. The van der Waals surface area contributed by atoms with E-state index >= 15 is 0 Å². The summed E-state index contributed by atoms with van der Waals surface area (Å²) in [7, 11) is 0. The van der Waals surface area contributed by atoms with Crippen molar-refractivity contribution in [3.05, 3.63) is 71.7 Å². The lowest BCUT2D eigenvalue weighted by atomic mass is 10.1. The first kappa shape index (κ1) is 14.1. The Morgan fingerprint density at radius 3 is 2.68 bits per heavy atom. The number of amides is 1. The third kappa shape index (κ3) is 2.91. The molecule has 22 heavy (non-hydrogen) atoms. The van der Waals surface area contributed by atoms with E-state index < -0.39 is 0 Å². The molecule has 1 N–H and O–H groups in total. The van der Waals surface area contributed by atoms with Gasteiger partial charge in [0.25, 0.3) is 5.91 Å². The van der Waals surface area contributed by atoms with Gasteiger partial charge in [0.1, 0.15) is 5.76 Å². The smallest absolute Gasteiger partial charge is 0.291 e. The largest absolute Gasteiger partial charge is 0.451 e. The third-order valence-corrected chi connectivity index (χ3v) is 3.54. The molecule has 2 aromatic heterocycles. The predicted octanol–water partition coefficient (Wildman–Crippen LogP) is 4.21. The van der Waals surface area contributed by atoms with Crippen LogP contribution in [0.15, 0.2) is 59.3 Å². The van der Waals surface area contributed by atoms with E-state index in [1.54, 1.807) is 30.6 Å². The van der Waals surface area contributed by atoms with Crippen molar-refractivity contribution in [2.75, 3.05) is 5.32 Å². The summed E-state index contributed by atoms with van der Waals surface area (Å²) in [6.07, 6.45) is 3.24. The van der Waals surface area contributed by atoms with Crippen LogP contribution in [-0.2, 0) is 0 Å². The van der Waals surface area contributed by atoms with Gasteiger partial charge in [0.15, 0.2) is 5.76 Å². The summed E-state index contributed by atoms with van der Waals surface area (Å²) < 4.78 is 5.67. The quantitative estimate of drug-likeness (QED) is 0.786. The molecular formula is C18H16N2O2. The molecule has 0 atom stereocenters. The predicted molar refractivity (Wildman–Crippen MR) is 85.8 cm³/mol. The van der Waals surface area contributed by atoms with Gasteiger partial charge in [0.2, 0.25) is 0 Å². The van der Waals surface area contributed by atoms with Gasteiger partial charge >= 0.3 is 0 Å². The van der Waals surface area contributed by atoms with E-state index in [1.807, 2.05) is 18.2 Å². The van der Waals surface area contributed by atoms with Gasteiger partial charge in [-0.05, 0) is 55.3 Å². The topological polar surface area (TPSA) is 55.1 Å². The van der Waals surface area contributed by atoms with Crippen molar-refractivity contribution in [3.8, 4) is 11.3 Å². The van der Waals surface area contributed by atoms with Gasteiger partial charge in [-0.2, -0.15) is 0 Å². The third-order valence-electron chi connectivity index (χ3n) is 3.54. The van der Waals surface area contributed by atoms with Crippen LogP contribution in [-0.4, -0.2) is 10.9 Å². The molecule has 0 aliphatic carbocycles. The van der Waals surface area contributed by atoms with Crippen molar-refractivity contribution in [2.24, 2.45) is 0 Å². The maximum Gasteiger partial charge on any atom is 0.291 e. The number of furan rings is 1. The number of hydrogen-bond acceptors (Lipinski definition) is 3. The molecule has 110 valence electrons. The van der Waals surface area contributed by atoms with E-state index in [4.69, 9.17) is 4.42 Å². The maximum atomic E-state index is 12.1. The van der Waals surface area contributed by atoms with Crippen molar-refractivity contribution < 1.29 is 9.21 Å². The molecule has 4 heteroatoms. The number of anilines is 1. The van der Waals surface area contributed by atoms with Crippen molar-refractivity contribution >= 4 is 11.6 Å². The van der Waals surface area contributed by atoms with Crippen LogP contribution in [0.4, 0.5) is 5.69 Å². The molecular weight excluding hydrogens is 276 g/mol. The minimum absolute atomic E-state index is 0.275. The molecule has 0 saturated heterocycles. The van der Waals surface area contributed by atoms with E-state index in [1.165, 1.54) is 11.1 Å². The Bertz CT molecular complexity index is 807. The van der Waals surface area contributed by atoms with Gasteiger partial charge in [-0.3, -0.25) is 9.78 Å². The molecule has 0 fully saturated rings. The molecule has 0 unspecified atom stereocenters. The zero-order valence-electron chi connectivity index (χ0n) is 12.5. The lowest BCUT2D eigenvalue weighted by molar-refractivity contribution is 0.0997. The molecule has 3 aromatic rings. The number of carbonyl (C=O) groups is 1. The van der Waals surface area contributed by atoms with Crippen LogP contribution in [0.1, 0.15) is 21.7 Å². The average molecular weight is 292 g/mol. The van der Waals surface area contributed by atoms with Crippen LogP contribution < -0.4 is 5.32 Å². The van der Waals surface area contributed by atoms with Crippen LogP contribution in [0, 0.1) is 13.8 Å². The van der Waals surface area contributed by atoms with Crippen molar-refractivity contribution in [1.82, 2.24) is 4.98 Å². The van der Waals surface area contributed by atoms with Gasteiger partial charge in [-0.1, -0.05) is 12.1 Å². The highest BCUT2D eigenvalue weighted by Gasteiger charge is 2.12. The molecule has 0 saturated carbocycles. The van der Waals surface area contributed by atoms with Gasteiger partial charge in [-0.25, -0.2) is 0 Å². The first-order chi connectivity index (χ1) is 10.6. The SMILES string of the molecule is Cc1ccc(-c2ccc(C(=O)Nc3cccnc3)o2)cc1C. The summed E-state index contributed by atoms with van der Waals surface area (Å²) >= 11 is 0. The summed E-state index contributed by atoms with van der Waals surface area (Å²) in [5.74, 6) is 0.666. The summed E-state index contributed by atoms with van der Waals surface area (Å²) in [5.41, 5.74) is 4.01. The van der Waals surface area contributed by atoms with E-state index in [2.05, 4.69) is 30.2 Å². The Labute approximate surface area is 128 Å². The fourth-order valence-electron chi connectivity index (χ4n) is 2.14. The van der Waals surface area contributed by atoms with Crippen molar-refractivity contribution in [3.63, 3.8) is 0 Å². The number of rotatable bonds is 3. The zero-order chi connectivity index (χ0) is 15.5. The highest BCUT2D eigenvalue weighted by Crippen LogP contribution is 2.24. The number of pyridine rings is 1. The zero-order valence-corrected chi connectivity index (χ0v) is 12.5. The number of nitrogens with zero attached hydrogens (tertiary/aromatic N) is 1. The number of aryl methyl sites for hydroxylation is 2. The van der Waals surface area contributed by atoms with E-state index in [9.17, 15) is 4.79 Å². The van der Waals surface area contributed by atoms with Crippen LogP contribution in [0.2, 0.25) is 0 Å². The molecule has 3 rings (SSSR count). The van der Waals surface area contributed by atoms with Crippen LogP contribution in [0.25, 0.3) is 11.3 Å². The molecule has 4 nitrogen and oxygen atoms in total. The number of aromatic nitrogens is 1. The second-order valence-electron chi connectivity index (χ2n) is 5.16. The van der Waals surface area contributed by atoms with E-state index in [0.717, 1.165) is 5.56 Å². The number of benzene rings is 1. The van der Waals surface area contributed by atoms with Gasteiger partial charge < -0.3 is 9.73 Å². The van der Waals surface area contributed by atoms with Crippen molar-refractivity contribution in [1.29, 1.82) is 0 Å².